The van der Waals surface area contributed by atoms with Crippen molar-refractivity contribution in [3.8, 4) is 0 Å². The van der Waals surface area contributed by atoms with Gasteiger partial charge >= 0.3 is 0 Å². The molecule has 0 radical (unpaired) electrons. The van der Waals surface area contributed by atoms with E-state index >= 15 is 0 Å². The number of hydrogen-bond donors (Lipinski definition) is 2. The number of thiophene rings is 1. The number of nitrogens with one attached hydrogen (secondary N) is 2. The molecule has 0 aliphatic heterocycles. The molecular weight excluding hydrogens is 256 g/mol. The molecule has 1 heterocycles. The van der Waals surface area contributed by atoms with E-state index in [1.165, 1.54) is 4.88 Å². The maximum absolute atomic E-state index is 12.2. The zero-order valence-electron chi connectivity index (χ0n) is 11.0. The first-order valence-electron chi connectivity index (χ1n) is 6.34. The van der Waals surface area contributed by atoms with Gasteiger partial charge in [0.1, 0.15) is 0 Å². The van der Waals surface area contributed by atoms with Gasteiger partial charge in [0.15, 0.2) is 0 Å². The van der Waals surface area contributed by atoms with Crippen LogP contribution in [0.4, 0.5) is 0 Å². The van der Waals surface area contributed by atoms with Crippen molar-refractivity contribution in [2.75, 3.05) is 13.6 Å². The fraction of sp³-hybridized carbons (Fsp3) is 0.267. The van der Waals surface area contributed by atoms with Crippen molar-refractivity contribution in [1.29, 1.82) is 0 Å². The molecule has 1 aromatic heterocycles. The highest BCUT2D eigenvalue weighted by Gasteiger charge is 2.10. The Hall–Kier alpha value is -1.65. The summed E-state index contributed by atoms with van der Waals surface area (Å²) in [7, 11) is 1.92. The Morgan fingerprint density at radius 3 is 2.79 bits per heavy atom. The number of rotatable bonds is 6. The molecule has 2 N–H and O–H groups in total. The molecule has 1 aromatic carbocycles. The lowest BCUT2D eigenvalue weighted by atomic mass is 10.0. The van der Waals surface area contributed by atoms with E-state index in [4.69, 9.17) is 0 Å². The lowest BCUT2D eigenvalue weighted by Gasteiger charge is -2.09. The molecular formula is C15H18N2OS. The van der Waals surface area contributed by atoms with Crippen LogP contribution in [0.15, 0.2) is 41.8 Å². The van der Waals surface area contributed by atoms with Gasteiger partial charge in [-0.25, -0.2) is 0 Å². The predicted octanol–water partition coefficient (Wildman–Crippen LogP) is 2.44. The fourth-order valence-corrected chi connectivity index (χ4v) is 2.54. The molecule has 0 saturated heterocycles. The molecule has 3 nitrogen and oxygen atoms in total. The molecule has 0 bridgehead atoms. The average Bonchev–Trinajstić information content (AvgIpc) is 2.96. The maximum Gasteiger partial charge on any atom is 0.251 e. The summed E-state index contributed by atoms with van der Waals surface area (Å²) in [5, 5.41) is 8.09. The zero-order valence-corrected chi connectivity index (χ0v) is 11.8. The lowest BCUT2D eigenvalue weighted by molar-refractivity contribution is 0.0950. The highest BCUT2D eigenvalue weighted by molar-refractivity contribution is 7.09. The number of carbonyl (C=O) groups excluding carboxylic acids is 1. The first kappa shape index (κ1) is 13.8. The van der Waals surface area contributed by atoms with Crippen LogP contribution in [0.3, 0.4) is 0 Å². The molecule has 1 amide bonds. The van der Waals surface area contributed by atoms with Crippen molar-refractivity contribution in [1.82, 2.24) is 10.6 Å². The molecule has 0 spiro atoms. The molecule has 0 unspecified atom stereocenters. The highest BCUT2D eigenvalue weighted by atomic mass is 32.1. The number of hydrogen-bond acceptors (Lipinski definition) is 3. The van der Waals surface area contributed by atoms with Gasteiger partial charge in [-0.2, -0.15) is 0 Å². The van der Waals surface area contributed by atoms with Crippen LogP contribution < -0.4 is 10.6 Å². The van der Waals surface area contributed by atoms with Gasteiger partial charge in [-0.15, -0.1) is 11.3 Å². The Kier molecular flexibility index (Phi) is 5.12. The van der Waals surface area contributed by atoms with Crippen LogP contribution in [0, 0.1) is 0 Å². The highest BCUT2D eigenvalue weighted by Crippen LogP contribution is 2.11. The van der Waals surface area contributed by atoms with Crippen molar-refractivity contribution in [2.24, 2.45) is 0 Å². The second kappa shape index (κ2) is 7.07. The number of benzene rings is 1. The third-order valence-electron chi connectivity index (χ3n) is 2.91. The first-order valence-corrected chi connectivity index (χ1v) is 7.22. The number of amides is 1. The quantitative estimate of drug-likeness (QED) is 0.849. The van der Waals surface area contributed by atoms with Crippen LogP contribution in [0.1, 0.15) is 20.8 Å². The summed E-state index contributed by atoms with van der Waals surface area (Å²) in [6.45, 7) is 1.46. The first-order chi connectivity index (χ1) is 9.31. The molecule has 2 rings (SSSR count). The number of likely N-dealkylation sites (N-methyl/N-ethyl adjacent to an activating group) is 1. The molecule has 100 valence electrons. The minimum Gasteiger partial charge on any atom is -0.347 e. The van der Waals surface area contributed by atoms with E-state index in [0.29, 0.717) is 6.54 Å². The van der Waals surface area contributed by atoms with Crippen molar-refractivity contribution >= 4 is 17.2 Å². The third-order valence-corrected chi connectivity index (χ3v) is 3.79. The molecule has 0 saturated carbocycles. The smallest absolute Gasteiger partial charge is 0.251 e. The molecule has 2 aromatic rings. The van der Waals surface area contributed by atoms with Gasteiger partial charge < -0.3 is 10.6 Å². The topological polar surface area (TPSA) is 41.1 Å². The fourth-order valence-electron chi connectivity index (χ4n) is 1.90. The molecule has 0 aliphatic rings. The van der Waals surface area contributed by atoms with Gasteiger partial charge in [-0.3, -0.25) is 4.79 Å². The predicted molar refractivity (Wildman–Crippen MR) is 79.6 cm³/mol. The normalized spacial score (nSPS) is 10.4. The monoisotopic (exact) mass is 274 g/mol. The molecule has 0 aliphatic carbocycles. The summed E-state index contributed by atoms with van der Waals surface area (Å²) in [5.41, 5.74) is 1.86. The van der Waals surface area contributed by atoms with Crippen LogP contribution in [0.5, 0.6) is 0 Å². The Morgan fingerprint density at radius 2 is 2.05 bits per heavy atom. The average molecular weight is 274 g/mol. The van der Waals surface area contributed by atoms with Crippen LogP contribution in [0.2, 0.25) is 0 Å². The van der Waals surface area contributed by atoms with Crippen LogP contribution in [-0.4, -0.2) is 19.5 Å². The third kappa shape index (κ3) is 3.91. The summed E-state index contributed by atoms with van der Waals surface area (Å²) in [6.07, 6.45) is 0.860. The SMILES string of the molecule is CNCCc1ccccc1C(=O)NCc1cccs1. The summed E-state index contributed by atoms with van der Waals surface area (Å²) in [5.74, 6) is 0.0000954. The van der Waals surface area contributed by atoms with Crippen LogP contribution >= 0.6 is 11.3 Å². The van der Waals surface area contributed by atoms with Crippen LogP contribution in [-0.2, 0) is 13.0 Å². The number of carbonyl (C=O) groups is 1. The van der Waals surface area contributed by atoms with E-state index in [0.717, 1.165) is 24.1 Å². The summed E-state index contributed by atoms with van der Waals surface area (Å²) >= 11 is 1.65. The maximum atomic E-state index is 12.2. The van der Waals surface area contributed by atoms with Gasteiger partial charge in [0.05, 0.1) is 6.54 Å². The Balaban J connectivity index is 2.01. The van der Waals surface area contributed by atoms with Gasteiger partial charge in [0.25, 0.3) is 5.91 Å². The lowest BCUT2D eigenvalue weighted by Crippen LogP contribution is -2.24. The van der Waals surface area contributed by atoms with E-state index < -0.39 is 0 Å². The van der Waals surface area contributed by atoms with Gasteiger partial charge in [0, 0.05) is 10.4 Å². The Labute approximate surface area is 117 Å². The standard InChI is InChI=1S/C15H18N2OS/c1-16-9-8-12-5-2-3-7-14(12)15(18)17-11-13-6-4-10-19-13/h2-7,10,16H,8-9,11H2,1H3,(H,17,18). The van der Waals surface area contributed by atoms with E-state index in [1.807, 2.05) is 48.8 Å². The Morgan fingerprint density at radius 1 is 1.21 bits per heavy atom. The molecule has 0 fully saturated rings. The second-order valence-electron chi connectivity index (χ2n) is 4.27. The minimum absolute atomic E-state index is 0.0000954. The van der Waals surface area contributed by atoms with Gasteiger partial charge in [0.2, 0.25) is 0 Å². The summed E-state index contributed by atoms with van der Waals surface area (Å²) < 4.78 is 0. The largest absolute Gasteiger partial charge is 0.347 e. The van der Waals surface area contributed by atoms with E-state index in [1.54, 1.807) is 11.3 Å². The summed E-state index contributed by atoms with van der Waals surface area (Å²) in [6, 6.07) is 11.8. The zero-order chi connectivity index (χ0) is 13.5. The summed E-state index contributed by atoms with van der Waals surface area (Å²) in [4.78, 5) is 13.4. The van der Waals surface area contributed by atoms with Crippen LogP contribution in [0.25, 0.3) is 0 Å². The van der Waals surface area contributed by atoms with Crippen molar-refractivity contribution in [3.05, 3.63) is 57.8 Å². The van der Waals surface area contributed by atoms with Crippen molar-refractivity contribution in [2.45, 2.75) is 13.0 Å². The molecule has 4 heteroatoms. The minimum atomic E-state index is 0.0000954. The molecule has 19 heavy (non-hydrogen) atoms. The van der Waals surface area contributed by atoms with Gasteiger partial charge in [-0.05, 0) is 43.1 Å². The van der Waals surface area contributed by atoms with Crippen molar-refractivity contribution in [3.63, 3.8) is 0 Å². The van der Waals surface area contributed by atoms with Crippen molar-refractivity contribution < 1.29 is 4.79 Å². The van der Waals surface area contributed by atoms with E-state index in [9.17, 15) is 4.79 Å². The second-order valence-corrected chi connectivity index (χ2v) is 5.30. The Bertz CT molecular complexity index is 523. The van der Waals surface area contributed by atoms with E-state index in [2.05, 4.69) is 10.6 Å². The molecule has 0 atom stereocenters. The van der Waals surface area contributed by atoms with E-state index in [-0.39, 0.29) is 5.91 Å². The van der Waals surface area contributed by atoms with Gasteiger partial charge in [-0.1, -0.05) is 24.3 Å².